The number of benzene rings is 1. The van der Waals surface area contributed by atoms with Crippen molar-refractivity contribution in [2.45, 2.75) is 0 Å². The molecule has 1 aromatic carbocycles. The van der Waals surface area contributed by atoms with Crippen molar-refractivity contribution in [3.05, 3.63) is 24.3 Å². The quantitative estimate of drug-likeness (QED) is 0.653. The molecule has 6 heteroatoms. The van der Waals surface area contributed by atoms with Crippen LogP contribution in [0.4, 0.5) is 0 Å². The maximum Gasteiger partial charge on any atom is 2.00 e. The molecule has 0 bridgehead atoms. The molecule has 0 amide bonds. The molecule has 1 aromatic rings. The summed E-state index contributed by atoms with van der Waals surface area (Å²) in [4.78, 5) is 0. The first-order chi connectivity index (χ1) is 5.18. The number of hydrogen-bond acceptors (Lipinski definition) is 4. The zero-order valence-electron chi connectivity index (χ0n) is 5.87. The standard InChI is InChI=1S/C6H5BO4.Pd/c8-5-1-3-6(4-2-5)11-7(9)10;/h1-4,8H;/q-2;+2. The normalized spacial score (nSPS) is 8.50. The van der Waals surface area contributed by atoms with Crippen LogP contribution in [0.2, 0.25) is 0 Å². The van der Waals surface area contributed by atoms with E-state index in [1.165, 1.54) is 24.3 Å². The maximum absolute atomic E-state index is 9.94. The number of phenols is 1. The van der Waals surface area contributed by atoms with Gasteiger partial charge in [-0.15, -0.1) is 0 Å². The molecule has 0 spiro atoms. The van der Waals surface area contributed by atoms with E-state index in [4.69, 9.17) is 5.11 Å². The third kappa shape index (κ3) is 3.74. The molecule has 0 aromatic heterocycles. The van der Waals surface area contributed by atoms with Gasteiger partial charge in [0, 0.05) is 0 Å². The fraction of sp³-hybridized carbons (Fsp3) is 0. The van der Waals surface area contributed by atoms with Crippen LogP contribution in [-0.2, 0) is 20.4 Å². The first-order valence-electron chi connectivity index (χ1n) is 2.96. The SMILES string of the molecule is [O-]B([O-])Oc1ccc(O)cc1.[Pd+2]. The van der Waals surface area contributed by atoms with E-state index in [0.29, 0.717) is 0 Å². The second-order valence-electron chi connectivity index (χ2n) is 1.90. The average Bonchev–Trinajstić information content (AvgIpc) is 1.93. The summed E-state index contributed by atoms with van der Waals surface area (Å²) in [6, 6.07) is 5.35. The number of rotatable bonds is 2. The molecular formula is C6H5BO4Pd. The van der Waals surface area contributed by atoms with Crippen LogP contribution in [0.25, 0.3) is 0 Å². The van der Waals surface area contributed by atoms with Crippen molar-refractivity contribution in [3.63, 3.8) is 0 Å². The van der Waals surface area contributed by atoms with Gasteiger partial charge in [0.25, 0.3) is 0 Å². The van der Waals surface area contributed by atoms with Crippen molar-refractivity contribution >= 4 is 7.32 Å². The molecule has 0 aliphatic carbocycles. The third-order valence-corrected chi connectivity index (χ3v) is 1.07. The van der Waals surface area contributed by atoms with Gasteiger partial charge in [0.1, 0.15) is 13.1 Å². The summed E-state index contributed by atoms with van der Waals surface area (Å²) in [6.07, 6.45) is 0. The largest absolute Gasteiger partial charge is 2.00 e. The zero-order chi connectivity index (χ0) is 8.27. The van der Waals surface area contributed by atoms with Crippen molar-refractivity contribution < 1.29 is 40.2 Å². The van der Waals surface area contributed by atoms with Gasteiger partial charge in [0.2, 0.25) is 0 Å². The Kier molecular flexibility index (Phi) is 4.94. The molecule has 0 heterocycles. The minimum Gasteiger partial charge on any atom is -0.860 e. The molecule has 0 radical (unpaired) electrons. The number of phenolic OH excluding ortho intramolecular Hbond substituents is 1. The van der Waals surface area contributed by atoms with E-state index in [2.05, 4.69) is 4.65 Å². The van der Waals surface area contributed by atoms with Crippen LogP contribution in [0.5, 0.6) is 11.5 Å². The Hall–Kier alpha value is -0.533. The van der Waals surface area contributed by atoms with Crippen molar-refractivity contribution in [2.24, 2.45) is 0 Å². The summed E-state index contributed by atoms with van der Waals surface area (Å²) < 4.78 is 4.25. The Morgan fingerprint density at radius 3 is 2.08 bits per heavy atom. The number of aromatic hydroxyl groups is 1. The minimum atomic E-state index is -2.32. The zero-order valence-corrected chi connectivity index (χ0v) is 7.43. The molecule has 0 unspecified atom stereocenters. The van der Waals surface area contributed by atoms with Gasteiger partial charge < -0.3 is 19.8 Å². The average molecular weight is 258 g/mol. The summed E-state index contributed by atoms with van der Waals surface area (Å²) in [7, 11) is -2.32. The van der Waals surface area contributed by atoms with E-state index in [-0.39, 0.29) is 31.9 Å². The van der Waals surface area contributed by atoms with E-state index >= 15 is 0 Å². The minimum absolute atomic E-state index is 0. The summed E-state index contributed by atoms with van der Waals surface area (Å²) in [5.74, 6) is 0.225. The van der Waals surface area contributed by atoms with E-state index in [1.807, 2.05) is 0 Å². The Morgan fingerprint density at radius 2 is 1.67 bits per heavy atom. The van der Waals surface area contributed by atoms with Crippen molar-refractivity contribution in [1.29, 1.82) is 0 Å². The molecule has 0 atom stereocenters. The molecule has 0 aliphatic rings. The van der Waals surface area contributed by atoms with Gasteiger partial charge in [-0.3, -0.25) is 0 Å². The summed E-state index contributed by atoms with van der Waals surface area (Å²) in [6.45, 7) is 0. The predicted molar refractivity (Wildman–Crippen MR) is 34.5 cm³/mol. The summed E-state index contributed by atoms with van der Waals surface area (Å²) in [5, 5.41) is 28.7. The van der Waals surface area contributed by atoms with Gasteiger partial charge in [-0.05, 0) is 24.3 Å². The molecule has 0 fully saturated rings. The first kappa shape index (κ1) is 11.5. The van der Waals surface area contributed by atoms with Crippen LogP contribution in [0.3, 0.4) is 0 Å². The molecule has 0 saturated heterocycles. The third-order valence-electron chi connectivity index (χ3n) is 1.07. The second kappa shape index (κ2) is 5.17. The Morgan fingerprint density at radius 1 is 1.17 bits per heavy atom. The smallest absolute Gasteiger partial charge is 0.860 e. The monoisotopic (exact) mass is 258 g/mol. The Labute approximate surface area is 83.6 Å². The first-order valence-corrected chi connectivity index (χ1v) is 2.96. The van der Waals surface area contributed by atoms with Gasteiger partial charge in [-0.25, -0.2) is 0 Å². The molecular weight excluding hydrogens is 253 g/mol. The summed E-state index contributed by atoms with van der Waals surface area (Å²) in [5.41, 5.74) is 0. The molecule has 4 nitrogen and oxygen atoms in total. The maximum atomic E-state index is 9.94. The van der Waals surface area contributed by atoms with E-state index < -0.39 is 7.32 Å². The van der Waals surface area contributed by atoms with Crippen LogP contribution in [0.15, 0.2) is 24.3 Å². The van der Waals surface area contributed by atoms with Crippen molar-refractivity contribution in [3.8, 4) is 11.5 Å². The second-order valence-corrected chi connectivity index (χ2v) is 1.90. The van der Waals surface area contributed by atoms with Crippen LogP contribution in [-0.4, -0.2) is 12.4 Å². The van der Waals surface area contributed by atoms with Crippen LogP contribution in [0.1, 0.15) is 0 Å². The Balaban J connectivity index is 0.00000121. The van der Waals surface area contributed by atoms with Crippen LogP contribution in [0, 0.1) is 0 Å². The van der Waals surface area contributed by atoms with E-state index in [1.54, 1.807) is 0 Å². The molecule has 1 rings (SSSR count). The van der Waals surface area contributed by atoms with Gasteiger partial charge in [0.15, 0.2) is 0 Å². The molecule has 0 aliphatic heterocycles. The van der Waals surface area contributed by atoms with Crippen molar-refractivity contribution in [2.75, 3.05) is 0 Å². The van der Waals surface area contributed by atoms with Gasteiger partial charge in [-0.1, -0.05) is 0 Å². The predicted octanol–water partition coefficient (Wildman–Crippen LogP) is -1.53. The van der Waals surface area contributed by atoms with Crippen molar-refractivity contribution in [1.82, 2.24) is 0 Å². The molecule has 1 N–H and O–H groups in total. The molecule has 66 valence electrons. The van der Waals surface area contributed by atoms with Gasteiger partial charge in [-0.2, -0.15) is 0 Å². The topological polar surface area (TPSA) is 75.6 Å². The fourth-order valence-electron chi connectivity index (χ4n) is 0.636. The van der Waals surface area contributed by atoms with Crippen LogP contribution >= 0.6 is 0 Å². The Bertz CT molecular complexity index is 225. The van der Waals surface area contributed by atoms with Crippen LogP contribution < -0.4 is 14.7 Å². The van der Waals surface area contributed by atoms with E-state index in [9.17, 15) is 10.0 Å². The van der Waals surface area contributed by atoms with Gasteiger partial charge >= 0.3 is 20.4 Å². The number of hydrogen-bond donors (Lipinski definition) is 1. The fourth-order valence-corrected chi connectivity index (χ4v) is 0.636. The summed E-state index contributed by atoms with van der Waals surface area (Å²) >= 11 is 0. The van der Waals surface area contributed by atoms with E-state index in [0.717, 1.165) is 0 Å². The molecule has 0 saturated carbocycles. The molecule has 12 heavy (non-hydrogen) atoms. The van der Waals surface area contributed by atoms with Gasteiger partial charge in [0.05, 0.1) is 5.75 Å².